The molecule has 0 radical (unpaired) electrons. The van der Waals surface area contributed by atoms with Crippen LogP contribution in [-0.2, 0) is 20.9 Å². The molecule has 1 saturated heterocycles. The minimum absolute atomic E-state index is 0.0976. The van der Waals surface area contributed by atoms with Gasteiger partial charge in [-0.1, -0.05) is 54.6 Å². The van der Waals surface area contributed by atoms with E-state index in [4.69, 9.17) is 14.5 Å². The van der Waals surface area contributed by atoms with Gasteiger partial charge in [0.15, 0.2) is 5.78 Å². The first-order valence-electron chi connectivity index (χ1n) is 13.0. The molecule has 3 aromatic carbocycles. The Labute approximate surface area is 226 Å². The highest BCUT2D eigenvalue weighted by Crippen LogP contribution is 2.35. The van der Waals surface area contributed by atoms with Crippen molar-refractivity contribution < 1.29 is 29.3 Å². The second-order valence-corrected chi connectivity index (χ2v) is 9.38. The number of carbonyl (C=O) groups is 2. The lowest BCUT2D eigenvalue weighted by Crippen LogP contribution is -2.35. The molecule has 202 valence electrons. The smallest absolute Gasteiger partial charge is 0.204 e. The van der Waals surface area contributed by atoms with Crippen LogP contribution in [0.2, 0.25) is 0 Å². The first-order chi connectivity index (χ1) is 19.1. The fraction of sp³-hybridized carbons (Fsp3) is 0.300. The number of ether oxygens (including phenoxy) is 2. The minimum atomic E-state index is -1.02. The Kier molecular flexibility index (Phi) is 8.31. The number of fused-ring (bicyclic) bond motifs is 1. The number of carbonyl (C=O) groups excluding carboxylic acids is 2. The molecule has 1 aromatic heterocycles. The van der Waals surface area contributed by atoms with Crippen molar-refractivity contribution in [2.24, 2.45) is 5.92 Å². The molecule has 3 N–H and O–H groups in total. The number of benzene rings is 3. The molecule has 0 aliphatic carbocycles. The Morgan fingerprint density at radius 2 is 1.87 bits per heavy atom. The number of aliphatic hydroxyl groups excluding tert-OH is 2. The van der Waals surface area contributed by atoms with Crippen molar-refractivity contribution >= 4 is 29.1 Å². The van der Waals surface area contributed by atoms with Gasteiger partial charge in [-0.15, -0.1) is 0 Å². The first kappa shape index (κ1) is 26.6. The third kappa shape index (κ3) is 5.56. The van der Waals surface area contributed by atoms with Crippen molar-refractivity contribution in [3.63, 3.8) is 0 Å². The van der Waals surface area contributed by atoms with Crippen LogP contribution >= 0.6 is 0 Å². The summed E-state index contributed by atoms with van der Waals surface area (Å²) in [5.41, 5.74) is 4.37. The summed E-state index contributed by atoms with van der Waals surface area (Å²) < 4.78 is 13.3. The van der Waals surface area contributed by atoms with E-state index in [9.17, 15) is 19.8 Å². The van der Waals surface area contributed by atoms with Gasteiger partial charge >= 0.3 is 0 Å². The van der Waals surface area contributed by atoms with E-state index in [0.29, 0.717) is 30.9 Å². The monoisotopic (exact) mass is 529 g/mol. The van der Waals surface area contributed by atoms with Crippen LogP contribution < -0.4 is 10.1 Å². The molecule has 1 fully saturated rings. The van der Waals surface area contributed by atoms with Gasteiger partial charge in [0.2, 0.25) is 5.95 Å². The number of para-hydroxylation sites is 2. The quantitative estimate of drug-likeness (QED) is 0.211. The van der Waals surface area contributed by atoms with Crippen LogP contribution in [0.5, 0.6) is 5.75 Å². The van der Waals surface area contributed by atoms with Crippen molar-refractivity contribution in [2.75, 3.05) is 31.7 Å². The Balaban J connectivity index is 1.47. The fourth-order valence-corrected chi connectivity index (χ4v) is 5.08. The van der Waals surface area contributed by atoms with E-state index in [1.807, 2.05) is 77.4 Å². The average molecular weight is 530 g/mol. The molecule has 3 atom stereocenters. The highest BCUT2D eigenvalue weighted by Gasteiger charge is 2.38. The highest BCUT2D eigenvalue weighted by molar-refractivity contribution is 5.97. The van der Waals surface area contributed by atoms with Crippen molar-refractivity contribution in [3.8, 4) is 16.9 Å². The maximum Gasteiger partial charge on any atom is 0.204 e. The molecular weight excluding hydrogens is 498 g/mol. The molecule has 9 nitrogen and oxygen atoms in total. The van der Waals surface area contributed by atoms with Crippen LogP contribution in [0.3, 0.4) is 0 Å². The summed E-state index contributed by atoms with van der Waals surface area (Å²) in [4.78, 5) is 29.9. The topological polar surface area (TPSA) is 123 Å². The number of aromatic nitrogens is 2. The van der Waals surface area contributed by atoms with E-state index in [0.717, 1.165) is 27.7 Å². The summed E-state index contributed by atoms with van der Waals surface area (Å²) in [7, 11) is 0. The van der Waals surface area contributed by atoms with Gasteiger partial charge in [-0.3, -0.25) is 4.79 Å². The number of anilines is 1. The molecule has 1 aliphatic heterocycles. The predicted molar refractivity (Wildman–Crippen MR) is 147 cm³/mol. The van der Waals surface area contributed by atoms with Crippen LogP contribution in [0.25, 0.3) is 22.2 Å². The van der Waals surface area contributed by atoms with Crippen LogP contribution in [0.15, 0.2) is 72.8 Å². The van der Waals surface area contributed by atoms with Crippen LogP contribution in [0, 0.1) is 5.92 Å². The second-order valence-electron chi connectivity index (χ2n) is 9.38. The maximum absolute atomic E-state index is 13.0. The number of hydrogen-bond donors (Lipinski definition) is 3. The normalized spacial score (nSPS) is 19.5. The Morgan fingerprint density at radius 3 is 2.64 bits per heavy atom. The molecule has 1 unspecified atom stereocenters. The third-order valence-corrected chi connectivity index (χ3v) is 6.96. The summed E-state index contributed by atoms with van der Waals surface area (Å²) in [5.74, 6) is -0.230. The van der Waals surface area contributed by atoms with Gasteiger partial charge < -0.3 is 34.4 Å². The molecule has 0 bridgehead atoms. The zero-order chi connectivity index (χ0) is 27.2. The molecule has 0 amide bonds. The van der Waals surface area contributed by atoms with Crippen LogP contribution in [0.1, 0.15) is 18.0 Å². The predicted octanol–water partition coefficient (Wildman–Crippen LogP) is 3.39. The number of ketones is 1. The lowest BCUT2D eigenvalue weighted by atomic mass is 9.92. The summed E-state index contributed by atoms with van der Waals surface area (Å²) in [6.07, 6.45) is 0.0403. The number of nitrogens with zero attached hydrogens (tertiary/aromatic N) is 2. The standard InChI is InChI=1S/C30H31N3O6/c34-13-15-39-27-16-20(10-11-22(27)21-6-2-1-3-7-21)17-31-30-32-24-8-4-5-9-26(24)33(30)25-12-14-38-28(19-36)29(37)23(25)18-35/h1-11,16,18,23,25,28,34,36H,12-15,17,19H2,(H,31,32)/t23-,25?,28-/m1/s1. The summed E-state index contributed by atoms with van der Waals surface area (Å²) in [5, 5.41) is 22.3. The van der Waals surface area contributed by atoms with E-state index in [2.05, 4.69) is 5.32 Å². The fourth-order valence-electron chi connectivity index (χ4n) is 5.08. The third-order valence-electron chi connectivity index (χ3n) is 6.96. The Bertz CT molecular complexity index is 1440. The largest absolute Gasteiger partial charge is 0.491 e. The summed E-state index contributed by atoms with van der Waals surface area (Å²) in [6.45, 7) is 0.234. The van der Waals surface area contributed by atoms with Gasteiger partial charge in [-0.25, -0.2) is 4.98 Å². The molecule has 9 heteroatoms. The minimum Gasteiger partial charge on any atom is -0.491 e. The molecule has 5 rings (SSSR count). The number of imidazole rings is 1. The first-order valence-corrected chi connectivity index (χ1v) is 13.0. The van der Waals surface area contributed by atoms with Gasteiger partial charge in [0.25, 0.3) is 0 Å². The van der Waals surface area contributed by atoms with Gasteiger partial charge in [-0.2, -0.15) is 0 Å². The van der Waals surface area contributed by atoms with Crippen molar-refractivity contribution in [2.45, 2.75) is 25.1 Å². The van der Waals surface area contributed by atoms with Crippen molar-refractivity contribution in [1.82, 2.24) is 9.55 Å². The van der Waals surface area contributed by atoms with Crippen molar-refractivity contribution in [1.29, 1.82) is 0 Å². The van der Waals surface area contributed by atoms with E-state index < -0.39 is 30.5 Å². The molecule has 2 heterocycles. The molecule has 0 spiro atoms. The SMILES string of the molecule is O=C[C@H]1C(=O)[C@@H](CO)OCCC1n1c(NCc2ccc(-c3ccccc3)c(OCCO)c2)nc2ccccc21. The number of aliphatic hydroxyl groups is 2. The number of aldehydes is 1. The lowest BCUT2D eigenvalue weighted by molar-refractivity contribution is -0.137. The Morgan fingerprint density at radius 1 is 1.08 bits per heavy atom. The van der Waals surface area contributed by atoms with Gasteiger partial charge in [0, 0.05) is 18.7 Å². The Hall–Kier alpha value is -4.05. The van der Waals surface area contributed by atoms with Crippen molar-refractivity contribution in [3.05, 3.63) is 78.4 Å². The van der Waals surface area contributed by atoms with E-state index in [1.54, 1.807) is 0 Å². The number of rotatable bonds is 10. The molecule has 4 aromatic rings. The van der Waals surface area contributed by atoms with E-state index in [1.165, 1.54) is 0 Å². The number of hydrogen-bond acceptors (Lipinski definition) is 8. The van der Waals surface area contributed by atoms with Crippen LogP contribution in [-0.4, -0.2) is 64.4 Å². The number of Topliss-reactive ketones (excluding diaryl/α,β-unsaturated/α-hetero) is 1. The molecule has 39 heavy (non-hydrogen) atoms. The van der Waals surface area contributed by atoms with Crippen LogP contribution in [0.4, 0.5) is 5.95 Å². The molecule has 1 aliphatic rings. The van der Waals surface area contributed by atoms with E-state index in [-0.39, 0.29) is 19.8 Å². The van der Waals surface area contributed by atoms with Gasteiger partial charge in [0.1, 0.15) is 24.7 Å². The summed E-state index contributed by atoms with van der Waals surface area (Å²) >= 11 is 0. The van der Waals surface area contributed by atoms with E-state index >= 15 is 0 Å². The average Bonchev–Trinajstić information content (AvgIpc) is 3.26. The maximum atomic E-state index is 13.0. The lowest BCUT2D eigenvalue weighted by Gasteiger charge is -2.24. The second kappa shape index (κ2) is 12.2. The summed E-state index contributed by atoms with van der Waals surface area (Å²) in [6, 6.07) is 22.8. The number of nitrogens with one attached hydrogen (secondary N) is 1. The van der Waals surface area contributed by atoms with Gasteiger partial charge in [0.05, 0.1) is 36.2 Å². The molecule has 0 saturated carbocycles. The molecular formula is C30H31N3O6. The zero-order valence-corrected chi connectivity index (χ0v) is 21.4. The zero-order valence-electron chi connectivity index (χ0n) is 21.4. The van der Waals surface area contributed by atoms with Gasteiger partial charge in [-0.05, 0) is 35.7 Å². The highest BCUT2D eigenvalue weighted by atomic mass is 16.5.